The number of allylic oxidation sites excluding steroid dienone is 2. The molecule has 4 nitrogen and oxygen atoms in total. The second-order valence-corrected chi connectivity index (χ2v) is 7.50. The van der Waals surface area contributed by atoms with Crippen LogP contribution in [0.3, 0.4) is 0 Å². The van der Waals surface area contributed by atoms with Crippen molar-refractivity contribution in [3.63, 3.8) is 0 Å². The summed E-state index contributed by atoms with van der Waals surface area (Å²) in [5.74, 6) is -2.19. The topological polar surface area (TPSA) is 66.4 Å². The van der Waals surface area contributed by atoms with E-state index in [0.717, 1.165) is 24.0 Å². The first-order valence-corrected chi connectivity index (χ1v) is 8.66. The average molecular weight is 348 g/mol. The summed E-state index contributed by atoms with van der Waals surface area (Å²) >= 11 is 6.11. The third-order valence-corrected chi connectivity index (χ3v) is 5.85. The number of hydrogen-bond donors (Lipinski definition) is 2. The van der Waals surface area contributed by atoms with Crippen LogP contribution in [-0.4, -0.2) is 17.0 Å². The van der Waals surface area contributed by atoms with E-state index in [1.807, 2.05) is 26.8 Å². The average Bonchev–Trinajstić information content (AvgIpc) is 3.06. The molecule has 2 N–H and O–H groups in total. The molecule has 3 rings (SSSR count). The van der Waals surface area contributed by atoms with Crippen molar-refractivity contribution in [3.8, 4) is 0 Å². The van der Waals surface area contributed by atoms with Gasteiger partial charge in [0.1, 0.15) is 0 Å². The Balaban J connectivity index is 1.89. The maximum absolute atomic E-state index is 12.8. The highest BCUT2D eigenvalue weighted by Gasteiger charge is 2.57. The zero-order valence-electron chi connectivity index (χ0n) is 14.1. The van der Waals surface area contributed by atoms with Crippen LogP contribution < -0.4 is 5.32 Å². The number of aliphatic carboxylic acids is 1. The summed E-state index contributed by atoms with van der Waals surface area (Å²) in [4.78, 5) is 24.6. The smallest absolute Gasteiger partial charge is 0.307 e. The molecule has 4 atom stereocenters. The van der Waals surface area contributed by atoms with Crippen LogP contribution in [0.5, 0.6) is 0 Å². The Hall–Kier alpha value is -1.81. The van der Waals surface area contributed by atoms with Gasteiger partial charge in [-0.15, -0.1) is 0 Å². The fourth-order valence-electron chi connectivity index (χ4n) is 4.50. The van der Waals surface area contributed by atoms with E-state index in [0.29, 0.717) is 10.7 Å². The minimum Gasteiger partial charge on any atom is -0.481 e. The molecule has 1 amide bonds. The van der Waals surface area contributed by atoms with Crippen LogP contribution >= 0.6 is 11.6 Å². The lowest BCUT2D eigenvalue weighted by Gasteiger charge is -2.26. The number of carboxylic acid groups (broad SMARTS) is 1. The fraction of sp³-hybridized carbons (Fsp3) is 0.474. The van der Waals surface area contributed by atoms with Crippen LogP contribution in [0.4, 0.5) is 5.69 Å². The van der Waals surface area contributed by atoms with E-state index in [9.17, 15) is 14.7 Å². The quantitative estimate of drug-likeness (QED) is 0.802. The first-order valence-electron chi connectivity index (χ1n) is 8.28. The maximum atomic E-state index is 12.8. The number of anilines is 1. The molecule has 0 spiro atoms. The minimum absolute atomic E-state index is 0.00476. The zero-order valence-corrected chi connectivity index (χ0v) is 14.9. The molecule has 1 aromatic rings. The van der Waals surface area contributed by atoms with Gasteiger partial charge >= 0.3 is 5.97 Å². The van der Waals surface area contributed by atoms with Crippen LogP contribution in [0.1, 0.15) is 32.3 Å². The van der Waals surface area contributed by atoms with Crippen molar-refractivity contribution in [2.45, 2.75) is 33.6 Å². The van der Waals surface area contributed by atoms with Crippen molar-refractivity contribution < 1.29 is 14.7 Å². The Kier molecular flexibility index (Phi) is 4.43. The van der Waals surface area contributed by atoms with Gasteiger partial charge in [0.2, 0.25) is 5.91 Å². The Bertz CT molecular complexity index is 736. The number of hydrogen-bond acceptors (Lipinski definition) is 2. The molecule has 128 valence electrons. The lowest BCUT2D eigenvalue weighted by molar-refractivity contribution is -0.148. The molecule has 2 aliphatic carbocycles. The van der Waals surface area contributed by atoms with E-state index < -0.39 is 17.8 Å². The molecule has 5 heteroatoms. The van der Waals surface area contributed by atoms with Gasteiger partial charge in [-0.25, -0.2) is 0 Å². The number of fused-ring (bicyclic) bond motifs is 2. The Labute approximate surface area is 146 Å². The second kappa shape index (κ2) is 6.25. The Morgan fingerprint density at radius 2 is 1.79 bits per heavy atom. The lowest BCUT2D eigenvalue weighted by Crippen LogP contribution is -2.37. The number of carboxylic acids is 1. The summed E-state index contributed by atoms with van der Waals surface area (Å²) in [7, 11) is 0. The molecule has 2 aliphatic rings. The molecule has 2 fully saturated rings. The highest BCUT2D eigenvalue weighted by Crippen LogP contribution is 2.57. The number of rotatable bonds is 3. The maximum Gasteiger partial charge on any atom is 0.307 e. The van der Waals surface area contributed by atoms with Crippen LogP contribution in [0.2, 0.25) is 5.02 Å². The third kappa shape index (κ3) is 2.73. The molecule has 2 bridgehead atoms. The van der Waals surface area contributed by atoms with E-state index in [4.69, 9.17) is 11.6 Å². The molecule has 24 heavy (non-hydrogen) atoms. The van der Waals surface area contributed by atoms with Gasteiger partial charge in [0.05, 0.1) is 11.8 Å². The second-order valence-electron chi connectivity index (χ2n) is 7.09. The van der Waals surface area contributed by atoms with Gasteiger partial charge < -0.3 is 10.4 Å². The van der Waals surface area contributed by atoms with Crippen LogP contribution in [0.25, 0.3) is 0 Å². The number of carbonyl (C=O) groups excluding carboxylic acids is 1. The van der Waals surface area contributed by atoms with E-state index in [1.165, 1.54) is 5.57 Å². The summed E-state index contributed by atoms with van der Waals surface area (Å²) in [5, 5.41) is 13.1. The van der Waals surface area contributed by atoms with E-state index in [2.05, 4.69) is 5.32 Å². The van der Waals surface area contributed by atoms with Crippen LogP contribution in [-0.2, 0) is 9.59 Å². The number of carbonyl (C=O) groups is 2. The van der Waals surface area contributed by atoms with Gasteiger partial charge in [-0.05, 0) is 63.1 Å². The minimum atomic E-state index is -0.872. The van der Waals surface area contributed by atoms with Crippen molar-refractivity contribution in [2.24, 2.45) is 23.7 Å². The molecule has 0 heterocycles. The van der Waals surface area contributed by atoms with Gasteiger partial charge in [-0.3, -0.25) is 9.59 Å². The molecule has 0 aromatic heterocycles. The van der Waals surface area contributed by atoms with Gasteiger partial charge in [0.25, 0.3) is 0 Å². The number of nitrogens with one attached hydrogen (secondary N) is 1. The van der Waals surface area contributed by atoms with Crippen LogP contribution in [0.15, 0.2) is 29.3 Å². The number of aryl methyl sites for hydroxylation is 1. The molecule has 0 radical (unpaired) electrons. The molecule has 0 saturated heterocycles. The molecule has 0 unspecified atom stereocenters. The van der Waals surface area contributed by atoms with Gasteiger partial charge in [0, 0.05) is 10.7 Å². The summed E-state index contributed by atoms with van der Waals surface area (Å²) in [6.07, 6.45) is 1.75. The molecular formula is C19H22ClNO3. The van der Waals surface area contributed by atoms with E-state index in [1.54, 1.807) is 12.1 Å². The van der Waals surface area contributed by atoms with E-state index in [-0.39, 0.29) is 17.7 Å². The first kappa shape index (κ1) is 17.0. The van der Waals surface area contributed by atoms with Crippen molar-refractivity contribution >= 4 is 29.2 Å². The third-order valence-electron chi connectivity index (χ3n) is 5.45. The van der Waals surface area contributed by atoms with Crippen LogP contribution in [0, 0.1) is 30.6 Å². The van der Waals surface area contributed by atoms with Crippen molar-refractivity contribution in [3.05, 3.63) is 39.9 Å². The van der Waals surface area contributed by atoms with Gasteiger partial charge in [0.15, 0.2) is 0 Å². The highest BCUT2D eigenvalue weighted by atomic mass is 35.5. The summed E-state index contributed by atoms with van der Waals surface area (Å²) < 4.78 is 0. The monoisotopic (exact) mass is 347 g/mol. The zero-order chi connectivity index (χ0) is 17.6. The van der Waals surface area contributed by atoms with Gasteiger partial charge in [-0.1, -0.05) is 28.8 Å². The first-order chi connectivity index (χ1) is 11.3. The normalized spacial score (nSPS) is 28.1. The Morgan fingerprint density at radius 3 is 2.33 bits per heavy atom. The molecular weight excluding hydrogens is 326 g/mol. The number of halogens is 1. The standard InChI is InChI=1S/C19H22ClNO3/c1-9(2)15-12-6-7-13(15)17(19(23)24)16(12)18(22)21-11-5-4-10(3)14(20)8-11/h4-5,8,12-13,16-17H,6-7H2,1-3H3,(H,21,22)(H,23,24)/t12-,13+,16+,17-/m0/s1. The fourth-order valence-corrected chi connectivity index (χ4v) is 4.68. The SMILES string of the molecule is CC(C)=C1[C@H]2CC[C@@H]1[C@@H](C(=O)Nc1ccc(C)c(Cl)c1)[C@H]2C(=O)O. The van der Waals surface area contributed by atoms with Gasteiger partial charge in [-0.2, -0.15) is 0 Å². The summed E-state index contributed by atoms with van der Waals surface area (Å²) in [5.41, 5.74) is 3.89. The highest BCUT2D eigenvalue weighted by molar-refractivity contribution is 6.31. The summed E-state index contributed by atoms with van der Waals surface area (Å²) in [6, 6.07) is 5.35. The summed E-state index contributed by atoms with van der Waals surface area (Å²) in [6.45, 7) is 5.92. The lowest BCUT2D eigenvalue weighted by atomic mass is 9.78. The largest absolute Gasteiger partial charge is 0.481 e. The van der Waals surface area contributed by atoms with Crippen molar-refractivity contribution in [2.75, 3.05) is 5.32 Å². The number of amides is 1. The Morgan fingerprint density at radius 1 is 1.17 bits per heavy atom. The van der Waals surface area contributed by atoms with Crippen molar-refractivity contribution in [1.82, 2.24) is 0 Å². The predicted octanol–water partition coefficient (Wildman–Crippen LogP) is 4.28. The van der Waals surface area contributed by atoms with Crippen molar-refractivity contribution in [1.29, 1.82) is 0 Å². The van der Waals surface area contributed by atoms with E-state index >= 15 is 0 Å². The molecule has 0 aliphatic heterocycles. The predicted molar refractivity (Wildman–Crippen MR) is 94.0 cm³/mol. The number of benzene rings is 1. The molecule has 1 aromatic carbocycles. The molecule has 2 saturated carbocycles.